The standard InChI is InChI=1S/C22H23N3O/c1-25(17-19-10-6-3-7-11-19)22(26)21-13-12-20(16-24-21)23-15-14-18-8-4-2-5-9-18/h2-13,16,23H,14-15,17H2,1H3. The molecule has 1 heterocycles. The van der Waals surface area contributed by atoms with Gasteiger partial charge in [-0.1, -0.05) is 60.7 Å². The van der Waals surface area contributed by atoms with Gasteiger partial charge in [-0.15, -0.1) is 0 Å². The average molecular weight is 345 g/mol. The number of hydrogen-bond acceptors (Lipinski definition) is 3. The third kappa shape index (κ3) is 4.93. The monoisotopic (exact) mass is 345 g/mol. The zero-order chi connectivity index (χ0) is 18.2. The number of benzene rings is 2. The molecule has 132 valence electrons. The van der Waals surface area contributed by atoms with Gasteiger partial charge in [0.15, 0.2) is 0 Å². The molecular formula is C22H23N3O. The zero-order valence-electron chi connectivity index (χ0n) is 14.9. The summed E-state index contributed by atoms with van der Waals surface area (Å²) >= 11 is 0. The lowest BCUT2D eigenvalue weighted by atomic mass is 10.1. The van der Waals surface area contributed by atoms with E-state index in [0.717, 1.165) is 24.2 Å². The smallest absolute Gasteiger partial charge is 0.272 e. The number of rotatable bonds is 7. The van der Waals surface area contributed by atoms with Crippen LogP contribution in [0.5, 0.6) is 0 Å². The molecule has 0 radical (unpaired) electrons. The van der Waals surface area contributed by atoms with Crippen molar-refractivity contribution in [3.05, 3.63) is 95.8 Å². The van der Waals surface area contributed by atoms with Gasteiger partial charge in [0.25, 0.3) is 5.91 Å². The Kier molecular flexibility index (Phi) is 5.99. The van der Waals surface area contributed by atoms with Crippen LogP contribution in [0.1, 0.15) is 21.6 Å². The Morgan fingerprint density at radius 2 is 1.58 bits per heavy atom. The third-order valence-electron chi connectivity index (χ3n) is 4.18. The number of amides is 1. The molecule has 0 fully saturated rings. The Morgan fingerprint density at radius 1 is 0.923 bits per heavy atom. The van der Waals surface area contributed by atoms with E-state index in [1.807, 2.05) is 54.6 Å². The summed E-state index contributed by atoms with van der Waals surface area (Å²) in [6.45, 7) is 1.39. The molecule has 0 saturated heterocycles. The van der Waals surface area contributed by atoms with Gasteiger partial charge < -0.3 is 10.2 Å². The van der Waals surface area contributed by atoms with Crippen LogP contribution < -0.4 is 5.32 Å². The topological polar surface area (TPSA) is 45.2 Å². The van der Waals surface area contributed by atoms with E-state index < -0.39 is 0 Å². The number of carbonyl (C=O) groups is 1. The van der Waals surface area contributed by atoms with E-state index in [1.54, 1.807) is 24.2 Å². The van der Waals surface area contributed by atoms with Crippen molar-refractivity contribution in [1.82, 2.24) is 9.88 Å². The summed E-state index contributed by atoms with van der Waals surface area (Å²) in [7, 11) is 1.79. The van der Waals surface area contributed by atoms with Crippen LogP contribution in [0.2, 0.25) is 0 Å². The number of carbonyl (C=O) groups excluding carboxylic acids is 1. The van der Waals surface area contributed by atoms with Crippen molar-refractivity contribution in [2.24, 2.45) is 0 Å². The van der Waals surface area contributed by atoms with Crippen molar-refractivity contribution in [1.29, 1.82) is 0 Å². The summed E-state index contributed by atoms with van der Waals surface area (Å²) in [5.41, 5.74) is 3.77. The third-order valence-corrected chi connectivity index (χ3v) is 4.18. The first-order valence-corrected chi connectivity index (χ1v) is 8.75. The van der Waals surface area contributed by atoms with E-state index in [0.29, 0.717) is 12.2 Å². The van der Waals surface area contributed by atoms with Gasteiger partial charge in [0.05, 0.1) is 11.9 Å². The predicted octanol–water partition coefficient (Wildman–Crippen LogP) is 4.01. The van der Waals surface area contributed by atoms with Crippen molar-refractivity contribution in [2.75, 3.05) is 18.9 Å². The number of hydrogen-bond donors (Lipinski definition) is 1. The van der Waals surface area contributed by atoms with Crippen LogP contribution in [0.4, 0.5) is 5.69 Å². The van der Waals surface area contributed by atoms with Crippen LogP contribution in [-0.2, 0) is 13.0 Å². The quantitative estimate of drug-likeness (QED) is 0.704. The number of pyridine rings is 1. The highest BCUT2D eigenvalue weighted by Gasteiger charge is 2.13. The molecule has 0 atom stereocenters. The van der Waals surface area contributed by atoms with Crippen LogP contribution >= 0.6 is 0 Å². The first kappa shape index (κ1) is 17.7. The van der Waals surface area contributed by atoms with Gasteiger partial charge in [-0.05, 0) is 29.7 Å². The SMILES string of the molecule is CN(Cc1ccccc1)C(=O)c1ccc(NCCc2ccccc2)cn1. The summed E-state index contributed by atoms with van der Waals surface area (Å²) in [5, 5.41) is 3.34. The lowest BCUT2D eigenvalue weighted by Crippen LogP contribution is -2.27. The zero-order valence-corrected chi connectivity index (χ0v) is 14.9. The van der Waals surface area contributed by atoms with E-state index >= 15 is 0 Å². The van der Waals surface area contributed by atoms with E-state index in [9.17, 15) is 4.79 Å². The maximum atomic E-state index is 12.5. The predicted molar refractivity (Wildman–Crippen MR) is 105 cm³/mol. The van der Waals surface area contributed by atoms with Crippen molar-refractivity contribution >= 4 is 11.6 Å². The highest BCUT2D eigenvalue weighted by Crippen LogP contribution is 2.10. The molecule has 0 aliphatic carbocycles. The van der Waals surface area contributed by atoms with Gasteiger partial charge >= 0.3 is 0 Å². The second-order valence-electron chi connectivity index (χ2n) is 6.24. The van der Waals surface area contributed by atoms with Crippen molar-refractivity contribution in [3.8, 4) is 0 Å². The molecule has 0 unspecified atom stereocenters. The highest BCUT2D eigenvalue weighted by atomic mass is 16.2. The lowest BCUT2D eigenvalue weighted by molar-refractivity contribution is 0.0779. The Morgan fingerprint density at radius 3 is 2.19 bits per heavy atom. The van der Waals surface area contributed by atoms with Crippen LogP contribution in [0.25, 0.3) is 0 Å². The molecule has 0 aliphatic heterocycles. The minimum absolute atomic E-state index is 0.0790. The second kappa shape index (κ2) is 8.81. The molecule has 0 saturated carbocycles. The van der Waals surface area contributed by atoms with E-state index in [2.05, 4.69) is 22.4 Å². The number of aromatic nitrogens is 1. The number of anilines is 1. The molecule has 26 heavy (non-hydrogen) atoms. The minimum atomic E-state index is -0.0790. The Bertz CT molecular complexity index is 817. The molecule has 1 aromatic heterocycles. The molecule has 2 aromatic carbocycles. The molecule has 0 aliphatic rings. The fourth-order valence-electron chi connectivity index (χ4n) is 2.75. The molecular weight excluding hydrogens is 322 g/mol. The molecule has 0 spiro atoms. The van der Waals surface area contributed by atoms with Crippen LogP contribution in [0.3, 0.4) is 0 Å². The summed E-state index contributed by atoms with van der Waals surface area (Å²) in [4.78, 5) is 18.5. The average Bonchev–Trinajstić information content (AvgIpc) is 2.69. The van der Waals surface area contributed by atoms with Gasteiger partial charge in [-0.2, -0.15) is 0 Å². The first-order valence-electron chi connectivity index (χ1n) is 8.75. The molecule has 4 heteroatoms. The van der Waals surface area contributed by atoms with Crippen LogP contribution in [0.15, 0.2) is 79.0 Å². The maximum Gasteiger partial charge on any atom is 0.272 e. The number of nitrogens with zero attached hydrogens (tertiary/aromatic N) is 2. The van der Waals surface area contributed by atoms with Crippen LogP contribution in [0, 0.1) is 0 Å². The molecule has 4 nitrogen and oxygen atoms in total. The largest absolute Gasteiger partial charge is 0.383 e. The first-order chi connectivity index (χ1) is 12.7. The van der Waals surface area contributed by atoms with Crippen LogP contribution in [-0.4, -0.2) is 29.4 Å². The highest BCUT2D eigenvalue weighted by molar-refractivity contribution is 5.92. The molecule has 1 amide bonds. The van der Waals surface area contributed by atoms with Gasteiger partial charge in [0, 0.05) is 20.1 Å². The molecule has 1 N–H and O–H groups in total. The Hall–Kier alpha value is -3.14. The normalized spacial score (nSPS) is 10.3. The van der Waals surface area contributed by atoms with Crippen molar-refractivity contribution in [2.45, 2.75) is 13.0 Å². The lowest BCUT2D eigenvalue weighted by Gasteiger charge is -2.17. The Labute approximate surface area is 154 Å². The van der Waals surface area contributed by atoms with Gasteiger partial charge in [0.2, 0.25) is 0 Å². The molecule has 0 bridgehead atoms. The van der Waals surface area contributed by atoms with Gasteiger partial charge in [-0.3, -0.25) is 4.79 Å². The minimum Gasteiger partial charge on any atom is -0.383 e. The summed E-state index contributed by atoms with van der Waals surface area (Å²) < 4.78 is 0. The van der Waals surface area contributed by atoms with E-state index in [4.69, 9.17) is 0 Å². The van der Waals surface area contributed by atoms with Gasteiger partial charge in [-0.25, -0.2) is 4.98 Å². The summed E-state index contributed by atoms with van der Waals surface area (Å²) in [6, 6.07) is 24.0. The summed E-state index contributed by atoms with van der Waals surface area (Å²) in [5.74, 6) is -0.0790. The van der Waals surface area contributed by atoms with Crippen molar-refractivity contribution in [3.63, 3.8) is 0 Å². The Balaban J connectivity index is 1.52. The molecule has 3 rings (SSSR count). The van der Waals surface area contributed by atoms with Gasteiger partial charge in [0.1, 0.15) is 5.69 Å². The maximum absolute atomic E-state index is 12.5. The summed E-state index contributed by atoms with van der Waals surface area (Å²) in [6.07, 6.45) is 2.66. The number of nitrogens with one attached hydrogen (secondary N) is 1. The second-order valence-corrected chi connectivity index (χ2v) is 6.24. The fraction of sp³-hybridized carbons (Fsp3) is 0.182. The van der Waals surface area contributed by atoms with E-state index in [-0.39, 0.29) is 5.91 Å². The molecule has 3 aromatic rings. The van der Waals surface area contributed by atoms with Crippen molar-refractivity contribution < 1.29 is 4.79 Å². The fourth-order valence-corrected chi connectivity index (χ4v) is 2.75. The van der Waals surface area contributed by atoms with E-state index in [1.165, 1.54) is 5.56 Å².